The molecule has 0 bridgehead atoms. The number of aromatic nitrogens is 3. The van der Waals surface area contributed by atoms with Crippen LogP contribution in [0.3, 0.4) is 0 Å². The normalized spacial score (nSPS) is 19.2. The summed E-state index contributed by atoms with van der Waals surface area (Å²) in [4.78, 5) is 30.3. The average molecular weight is 544 g/mol. The van der Waals surface area contributed by atoms with Crippen molar-refractivity contribution in [1.82, 2.24) is 25.2 Å². The second-order valence-corrected chi connectivity index (χ2v) is 10.9. The van der Waals surface area contributed by atoms with Crippen molar-refractivity contribution in [1.29, 1.82) is 0 Å². The number of hydrogen-bond acceptors (Lipinski definition) is 4. The molecule has 2 amide bonds. The van der Waals surface area contributed by atoms with E-state index < -0.39 is 12.0 Å². The monoisotopic (exact) mass is 543 g/mol. The first-order valence-electron chi connectivity index (χ1n) is 13.3. The molecule has 2 saturated carbocycles. The number of fused-ring (bicyclic) bond motifs is 1. The van der Waals surface area contributed by atoms with Gasteiger partial charge in [-0.25, -0.2) is 18.3 Å². The van der Waals surface area contributed by atoms with Crippen LogP contribution >= 0.6 is 11.6 Å². The van der Waals surface area contributed by atoms with E-state index in [1.807, 2.05) is 13.0 Å². The van der Waals surface area contributed by atoms with Gasteiger partial charge in [0.25, 0.3) is 5.91 Å². The first kappa shape index (κ1) is 26.5. The van der Waals surface area contributed by atoms with Crippen molar-refractivity contribution in [3.05, 3.63) is 64.6 Å². The van der Waals surface area contributed by atoms with Crippen molar-refractivity contribution in [2.45, 2.75) is 76.3 Å². The van der Waals surface area contributed by atoms with Crippen LogP contribution in [-0.2, 0) is 4.79 Å². The van der Waals surface area contributed by atoms with Gasteiger partial charge in [0.2, 0.25) is 11.8 Å². The summed E-state index contributed by atoms with van der Waals surface area (Å²) in [6.07, 6.45) is 6.89. The van der Waals surface area contributed by atoms with E-state index in [9.17, 15) is 18.4 Å². The first-order chi connectivity index (χ1) is 18.2. The van der Waals surface area contributed by atoms with Crippen molar-refractivity contribution < 1.29 is 18.4 Å². The van der Waals surface area contributed by atoms with Gasteiger partial charge in [0, 0.05) is 19.3 Å². The molecule has 2 aromatic heterocycles. The molecule has 3 aromatic rings. The number of carbonyl (C=O) groups is 2. The predicted octanol–water partition coefficient (Wildman–Crippen LogP) is 6.05. The van der Waals surface area contributed by atoms with Gasteiger partial charge in [0.1, 0.15) is 0 Å². The Labute approximate surface area is 225 Å². The highest BCUT2D eigenvalue weighted by Gasteiger charge is 2.39. The lowest BCUT2D eigenvalue weighted by Gasteiger charge is -2.33. The number of imidazole rings is 1. The third-order valence-electron chi connectivity index (χ3n) is 7.56. The summed E-state index contributed by atoms with van der Waals surface area (Å²) >= 11 is 6.25. The molecule has 0 unspecified atom stereocenters. The van der Waals surface area contributed by atoms with E-state index in [0.29, 0.717) is 34.3 Å². The van der Waals surface area contributed by atoms with E-state index in [1.165, 1.54) is 0 Å². The Morgan fingerprint density at radius 2 is 1.82 bits per heavy atom. The molecule has 38 heavy (non-hydrogen) atoms. The van der Waals surface area contributed by atoms with Crippen LogP contribution in [0.25, 0.3) is 5.65 Å². The minimum absolute atomic E-state index is 0.0183. The molecule has 2 N–H and O–H groups in total. The summed E-state index contributed by atoms with van der Waals surface area (Å²) in [6, 6.07) is 7.94. The van der Waals surface area contributed by atoms with Crippen LogP contribution in [0.2, 0.25) is 5.02 Å². The zero-order valence-corrected chi connectivity index (χ0v) is 22.1. The maximum Gasteiger partial charge on any atom is 0.253 e. The minimum Gasteiger partial charge on any atom is -0.349 e. The highest BCUT2D eigenvalue weighted by Crippen LogP contribution is 2.43. The number of alkyl halides is 2. The Bertz CT molecular complexity index is 1320. The molecule has 0 saturated heterocycles. The second kappa shape index (κ2) is 11.0. The van der Waals surface area contributed by atoms with Crippen molar-refractivity contribution in [3.63, 3.8) is 0 Å². The molecule has 0 radical (unpaired) electrons. The number of amides is 2. The Morgan fingerprint density at radius 3 is 2.50 bits per heavy atom. The molecular weight excluding hydrogens is 512 g/mol. The molecule has 5 rings (SSSR count). The van der Waals surface area contributed by atoms with Gasteiger partial charge >= 0.3 is 0 Å². The van der Waals surface area contributed by atoms with E-state index >= 15 is 0 Å². The molecule has 2 heterocycles. The van der Waals surface area contributed by atoms with Crippen molar-refractivity contribution in [3.8, 4) is 0 Å². The lowest BCUT2D eigenvalue weighted by atomic mass is 9.81. The smallest absolute Gasteiger partial charge is 0.253 e. The Kier molecular flexibility index (Phi) is 7.66. The molecule has 2 atom stereocenters. The number of carbonyl (C=O) groups excluding carboxylic acids is 2. The van der Waals surface area contributed by atoms with Crippen LogP contribution in [-0.4, -0.2) is 32.3 Å². The predicted molar refractivity (Wildman–Crippen MR) is 140 cm³/mol. The Morgan fingerprint density at radius 1 is 1.11 bits per heavy atom. The maximum absolute atomic E-state index is 14.0. The number of benzene rings is 1. The van der Waals surface area contributed by atoms with Gasteiger partial charge < -0.3 is 10.6 Å². The molecule has 7 nitrogen and oxygen atoms in total. The third kappa shape index (κ3) is 5.98. The van der Waals surface area contributed by atoms with E-state index in [0.717, 1.165) is 24.8 Å². The summed E-state index contributed by atoms with van der Waals surface area (Å²) in [5.41, 5.74) is 2.34. The highest BCUT2D eigenvalue weighted by atomic mass is 35.5. The van der Waals surface area contributed by atoms with Crippen LogP contribution in [0.1, 0.15) is 92.0 Å². The van der Waals surface area contributed by atoms with Crippen LogP contribution in [0.5, 0.6) is 0 Å². The molecule has 2 aliphatic carbocycles. The summed E-state index contributed by atoms with van der Waals surface area (Å²) in [6.45, 7) is 1.97. The largest absolute Gasteiger partial charge is 0.349 e. The minimum atomic E-state index is -2.69. The van der Waals surface area contributed by atoms with Crippen molar-refractivity contribution in [2.24, 2.45) is 11.8 Å². The van der Waals surface area contributed by atoms with Crippen molar-refractivity contribution >= 4 is 29.1 Å². The van der Waals surface area contributed by atoms with Gasteiger partial charge in [-0.15, -0.1) is 0 Å². The lowest BCUT2D eigenvalue weighted by Crippen LogP contribution is -2.37. The SMILES string of the molecule is CCCC(=O)N[C@@H](c1cnn2cc([C@@H](NC(=O)c3ccccc3Cl)C3CCC(F)(F)CC3)nc2c1)C1CC1. The van der Waals surface area contributed by atoms with Gasteiger partial charge in [0.15, 0.2) is 5.65 Å². The van der Waals surface area contributed by atoms with E-state index in [1.54, 1.807) is 41.2 Å². The lowest BCUT2D eigenvalue weighted by molar-refractivity contribution is -0.122. The standard InChI is InChI=1S/C28H32ClF2N5O2/c1-2-5-24(37)34-25(17-8-9-17)19-14-23-33-22(16-36(23)32-15-19)26(18-10-12-28(30,31)13-11-18)35-27(38)20-6-3-4-7-21(20)29/h3-4,6-7,14-18,25-26H,2,5,8-13H2,1H3,(H,34,37)(H,35,38)/t25-,26+/m1/s1. The van der Waals surface area contributed by atoms with Gasteiger partial charge in [-0.05, 0) is 67.7 Å². The third-order valence-corrected chi connectivity index (χ3v) is 7.89. The number of nitrogens with zero attached hydrogens (tertiary/aromatic N) is 3. The zero-order valence-electron chi connectivity index (χ0n) is 21.3. The first-order valence-corrected chi connectivity index (χ1v) is 13.7. The van der Waals surface area contributed by atoms with Crippen molar-refractivity contribution in [2.75, 3.05) is 0 Å². The summed E-state index contributed by atoms with van der Waals surface area (Å²) in [5, 5.41) is 11.0. The quantitative estimate of drug-likeness (QED) is 0.344. The van der Waals surface area contributed by atoms with Gasteiger partial charge in [-0.2, -0.15) is 5.10 Å². The molecule has 202 valence electrons. The van der Waals surface area contributed by atoms with E-state index in [4.69, 9.17) is 16.6 Å². The number of nitrogens with one attached hydrogen (secondary N) is 2. The highest BCUT2D eigenvalue weighted by molar-refractivity contribution is 6.33. The molecular formula is C28H32ClF2N5O2. The molecule has 1 aromatic carbocycles. The Balaban J connectivity index is 1.44. The average Bonchev–Trinajstić information content (AvgIpc) is 3.64. The van der Waals surface area contributed by atoms with E-state index in [2.05, 4.69) is 15.7 Å². The molecule has 0 spiro atoms. The number of halogens is 3. The number of hydrogen-bond donors (Lipinski definition) is 2. The van der Waals surface area contributed by atoms with Crippen LogP contribution in [0.4, 0.5) is 8.78 Å². The number of rotatable bonds is 9. The maximum atomic E-state index is 14.0. The molecule has 0 aliphatic heterocycles. The summed E-state index contributed by atoms with van der Waals surface area (Å²) in [5.74, 6) is -2.89. The fraction of sp³-hybridized carbons (Fsp3) is 0.500. The molecule has 2 aliphatic rings. The zero-order chi connectivity index (χ0) is 26.9. The summed E-state index contributed by atoms with van der Waals surface area (Å²) in [7, 11) is 0. The summed E-state index contributed by atoms with van der Waals surface area (Å²) < 4.78 is 29.5. The fourth-order valence-electron chi connectivity index (χ4n) is 5.30. The van der Waals surface area contributed by atoms with Crippen LogP contribution < -0.4 is 10.6 Å². The van der Waals surface area contributed by atoms with E-state index in [-0.39, 0.29) is 49.5 Å². The van der Waals surface area contributed by atoms with Gasteiger partial charge in [-0.1, -0.05) is 30.7 Å². The van der Waals surface area contributed by atoms with Gasteiger partial charge in [0.05, 0.1) is 40.8 Å². The fourth-order valence-corrected chi connectivity index (χ4v) is 5.52. The topological polar surface area (TPSA) is 88.4 Å². The van der Waals surface area contributed by atoms with Crippen LogP contribution in [0.15, 0.2) is 42.7 Å². The molecule has 10 heteroatoms. The van der Waals surface area contributed by atoms with Gasteiger partial charge in [-0.3, -0.25) is 9.59 Å². The Hall–Kier alpha value is -3.07. The molecule has 2 fully saturated rings. The second-order valence-electron chi connectivity index (χ2n) is 10.5. The van der Waals surface area contributed by atoms with Crippen LogP contribution in [0, 0.1) is 11.8 Å².